The van der Waals surface area contributed by atoms with Crippen molar-refractivity contribution >= 4 is 21.2 Å². The molecule has 5 nitrogen and oxygen atoms in total. The lowest BCUT2D eigenvalue weighted by atomic mass is 10.1. The predicted octanol–water partition coefficient (Wildman–Crippen LogP) is 3.17. The van der Waals surface area contributed by atoms with E-state index in [1.54, 1.807) is 17.5 Å². The Bertz CT molecular complexity index is 1030. The summed E-state index contributed by atoms with van der Waals surface area (Å²) in [6.07, 6.45) is 3.65. The smallest absolute Gasteiger partial charge is 0.247 e. The topological polar surface area (TPSA) is 63.2 Å². The molecule has 0 saturated carbocycles. The molecule has 0 fully saturated rings. The summed E-state index contributed by atoms with van der Waals surface area (Å²) in [6, 6.07) is 12.6. The highest BCUT2D eigenvalue weighted by Crippen LogP contribution is 2.27. The number of thiophene rings is 1. The highest BCUT2D eigenvalue weighted by molar-refractivity contribution is 7.90. The molecule has 0 amide bonds. The Kier molecular flexibility index (Phi) is 4.60. The van der Waals surface area contributed by atoms with Crippen molar-refractivity contribution in [2.75, 3.05) is 12.8 Å². The van der Waals surface area contributed by atoms with E-state index in [0.29, 0.717) is 6.54 Å². The molecule has 7 heteroatoms. The second-order valence-electron chi connectivity index (χ2n) is 6.53. The molecule has 1 aliphatic heterocycles. The van der Waals surface area contributed by atoms with Crippen molar-refractivity contribution in [2.24, 2.45) is 0 Å². The fourth-order valence-electron chi connectivity index (χ4n) is 3.12. The van der Waals surface area contributed by atoms with Gasteiger partial charge in [0.05, 0.1) is 5.69 Å². The molecule has 3 aromatic rings. The average Bonchev–Trinajstić information content (AvgIpc) is 3.09. The van der Waals surface area contributed by atoms with Gasteiger partial charge in [-0.2, -0.15) is 0 Å². The Balaban J connectivity index is 1.50. The molecule has 0 aliphatic carbocycles. The van der Waals surface area contributed by atoms with Gasteiger partial charge in [0.15, 0.2) is 0 Å². The van der Waals surface area contributed by atoms with E-state index in [-0.39, 0.29) is 5.16 Å². The number of hydrogen-bond acceptors (Lipinski definition) is 6. The standard InChI is InChI=1S/C19H19N3O2S2/c1-26(23,24)19-20-10-15-7-8-22(12-18(15)21-19)11-17-9-16(13-25-17)14-5-3-2-4-6-14/h2-6,9-10,13H,7-8,11-12H2,1H3. The molecule has 0 atom stereocenters. The summed E-state index contributed by atoms with van der Waals surface area (Å²) in [5, 5.41) is 2.10. The van der Waals surface area contributed by atoms with Crippen LogP contribution in [0.4, 0.5) is 0 Å². The van der Waals surface area contributed by atoms with Crippen molar-refractivity contribution in [1.82, 2.24) is 14.9 Å². The van der Waals surface area contributed by atoms with Crippen molar-refractivity contribution in [3.05, 3.63) is 64.1 Å². The normalized spacial score (nSPS) is 15.0. The van der Waals surface area contributed by atoms with Crippen LogP contribution in [0.15, 0.2) is 53.1 Å². The van der Waals surface area contributed by atoms with Crippen molar-refractivity contribution in [3.8, 4) is 11.1 Å². The first-order valence-electron chi connectivity index (χ1n) is 8.39. The first-order chi connectivity index (χ1) is 12.5. The van der Waals surface area contributed by atoms with Crippen LogP contribution in [-0.2, 0) is 29.3 Å². The van der Waals surface area contributed by atoms with Crippen LogP contribution in [0, 0.1) is 0 Å². The summed E-state index contributed by atoms with van der Waals surface area (Å²) in [5.74, 6) is 0. The van der Waals surface area contributed by atoms with Gasteiger partial charge in [0.2, 0.25) is 15.0 Å². The Hall–Kier alpha value is -2.09. The maximum Gasteiger partial charge on any atom is 0.247 e. The maximum absolute atomic E-state index is 11.7. The van der Waals surface area contributed by atoms with E-state index >= 15 is 0 Å². The lowest BCUT2D eigenvalue weighted by molar-refractivity contribution is 0.242. The van der Waals surface area contributed by atoms with Gasteiger partial charge in [-0.25, -0.2) is 18.4 Å². The molecule has 0 unspecified atom stereocenters. The largest absolute Gasteiger partial charge is 0.292 e. The van der Waals surface area contributed by atoms with E-state index in [9.17, 15) is 8.42 Å². The molecular formula is C19H19N3O2S2. The zero-order chi connectivity index (χ0) is 18.1. The van der Waals surface area contributed by atoms with Crippen molar-refractivity contribution in [3.63, 3.8) is 0 Å². The second kappa shape index (κ2) is 6.90. The highest BCUT2D eigenvalue weighted by Gasteiger charge is 2.21. The molecule has 26 heavy (non-hydrogen) atoms. The Labute approximate surface area is 157 Å². The molecule has 0 radical (unpaired) electrons. The van der Waals surface area contributed by atoms with Gasteiger partial charge in [-0.1, -0.05) is 30.3 Å². The second-order valence-corrected chi connectivity index (χ2v) is 9.43. The van der Waals surface area contributed by atoms with Crippen LogP contribution < -0.4 is 0 Å². The fraction of sp³-hybridized carbons (Fsp3) is 0.263. The van der Waals surface area contributed by atoms with E-state index in [1.165, 1.54) is 16.0 Å². The lowest BCUT2D eigenvalue weighted by Gasteiger charge is -2.27. The van der Waals surface area contributed by atoms with Crippen LogP contribution in [-0.4, -0.2) is 36.1 Å². The summed E-state index contributed by atoms with van der Waals surface area (Å²) < 4.78 is 23.4. The van der Waals surface area contributed by atoms with Gasteiger partial charge >= 0.3 is 0 Å². The summed E-state index contributed by atoms with van der Waals surface area (Å²) in [4.78, 5) is 11.9. The predicted molar refractivity (Wildman–Crippen MR) is 103 cm³/mol. The molecule has 1 aliphatic rings. The van der Waals surface area contributed by atoms with Gasteiger partial charge in [-0.05, 0) is 34.6 Å². The van der Waals surface area contributed by atoms with Crippen molar-refractivity contribution in [2.45, 2.75) is 24.7 Å². The molecular weight excluding hydrogens is 366 g/mol. The highest BCUT2D eigenvalue weighted by atomic mass is 32.2. The van der Waals surface area contributed by atoms with E-state index in [2.05, 4.69) is 38.4 Å². The summed E-state index contributed by atoms with van der Waals surface area (Å²) in [6.45, 7) is 2.42. The van der Waals surface area contributed by atoms with Crippen LogP contribution in [0.3, 0.4) is 0 Å². The van der Waals surface area contributed by atoms with Crippen molar-refractivity contribution < 1.29 is 8.42 Å². The number of fused-ring (bicyclic) bond motifs is 1. The Morgan fingerprint density at radius 2 is 2.00 bits per heavy atom. The van der Waals surface area contributed by atoms with Crippen molar-refractivity contribution in [1.29, 1.82) is 0 Å². The van der Waals surface area contributed by atoms with E-state index in [0.717, 1.165) is 37.0 Å². The number of sulfone groups is 1. The van der Waals surface area contributed by atoms with Gasteiger partial charge in [0, 0.05) is 37.0 Å². The van der Waals surface area contributed by atoms with Gasteiger partial charge in [0.1, 0.15) is 0 Å². The zero-order valence-electron chi connectivity index (χ0n) is 14.4. The molecule has 0 saturated heterocycles. The summed E-state index contributed by atoms with van der Waals surface area (Å²) >= 11 is 1.76. The third-order valence-corrected chi connectivity index (χ3v) is 6.26. The lowest BCUT2D eigenvalue weighted by Crippen LogP contribution is -2.31. The first kappa shape index (κ1) is 17.3. The third-order valence-electron chi connectivity index (χ3n) is 4.47. The minimum atomic E-state index is -3.38. The molecule has 0 N–H and O–H groups in total. The molecule has 0 bridgehead atoms. The fourth-order valence-corrected chi connectivity index (χ4v) is 4.57. The number of aromatic nitrogens is 2. The third kappa shape index (κ3) is 3.70. The van der Waals surface area contributed by atoms with Crippen LogP contribution in [0.5, 0.6) is 0 Å². The number of benzene rings is 1. The zero-order valence-corrected chi connectivity index (χ0v) is 16.1. The van der Waals surface area contributed by atoms with E-state index < -0.39 is 9.84 Å². The summed E-state index contributed by atoms with van der Waals surface area (Å²) in [5.41, 5.74) is 4.34. The van der Waals surface area contributed by atoms with Gasteiger partial charge < -0.3 is 0 Å². The van der Waals surface area contributed by atoms with Gasteiger partial charge in [-0.15, -0.1) is 11.3 Å². The summed E-state index contributed by atoms with van der Waals surface area (Å²) in [7, 11) is -3.38. The minimum Gasteiger partial charge on any atom is -0.292 e. The van der Waals surface area contributed by atoms with E-state index in [4.69, 9.17) is 0 Å². The Morgan fingerprint density at radius 1 is 1.19 bits per heavy atom. The molecule has 4 rings (SSSR count). The van der Waals surface area contributed by atoms with Crippen LogP contribution in [0.1, 0.15) is 16.1 Å². The molecule has 3 heterocycles. The molecule has 0 spiro atoms. The quantitative estimate of drug-likeness (QED) is 0.646. The van der Waals surface area contributed by atoms with Crippen LogP contribution in [0.2, 0.25) is 0 Å². The molecule has 134 valence electrons. The first-order valence-corrected chi connectivity index (χ1v) is 11.2. The molecule has 2 aromatic heterocycles. The average molecular weight is 386 g/mol. The Morgan fingerprint density at radius 3 is 2.77 bits per heavy atom. The molecule has 1 aromatic carbocycles. The van der Waals surface area contributed by atoms with E-state index in [1.807, 2.05) is 18.2 Å². The monoisotopic (exact) mass is 385 g/mol. The number of nitrogens with zero attached hydrogens (tertiary/aromatic N) is 3. The van der Waals surface area contributed by atoms with Crippen LogP contribution >= 0.6 is 11.3 Å². The van der Waals surface area contributed by atoms with Crippen LogP contribution in [0.25, 0.3) is 11.1 Å². The van der Waals surface area contributed by atoms with Gasteiger partial charge in [0.25, 0.3) is 0 Å². The van der Waals surface area contributed by atoms with Gasteiger partial charge in [-0.3, -0.25) is 4.90 Å². The number of rotatable bonds is 4. The maximum atomic E-state index is 11.7. The SMILES string of the molecule is CS(=O)(=O)c1ncc2c(n1)CN(Cc1cc(-c3ccccc3)cs1)CC2. The minimum absolute atomic E-state index is 0.0828. The number of hydrogen-bond donors (Lipinski definition) is 0.